The zero-order chi connectivity index (χ0) is 12.3. The van der Waals surface area contributed by atoms with Crippen LogP contribution in [0, 0.1) is 0 Å². The van der Waals surface area contributed by atoms with Crippen LogP contribution >= 0.6 is 11.3 Å². The van der Waals surface area contributed by atoms with Crippen molar-refractivity contribution in [3.05, 3.63) is 23.3 Å². The number of thiazole rings is 1. The minimum Gasteiger partial charge on any atom is -0.314 e. The standard InChI is InChI=1S/C12H18N4S/c1-9(2)13-6-4-10-8-17-12(14-10)11-5-7-16(3)15-11/h5,7-9,13H,4,6H2,1-3H3. The highest BCUT2D eigenvalue weighted by molar-refractivity contribution is 7.13. The quantitative estimate of drug-likeness (QED) is 0.883. The molecule has 1 N–H and O–H groups in total. The van der Waals surface area contributed by atoms with Gasteiger partial charge in [-0.3, -0.25) is 4.68 Å². The molecule has 0 aliphatic carbocycles. The summed E-state index contributed by atoms with van der Waals surface area (Å²) in [6, 6.07) is 2.53. The van der Waals surface area contributed by atoms with E-state index in [1.54, 1.807) is 16.0 Å². The Kier molecular flexibility index (Phi) is 3.91. The van der Waals surface area contributed by atoms with Crippen LogP contribution in [0.25, 0.3) is 10.7 Å². The maximum absolute atomic E-state index is 4.59. The lowest BCUT2D eigenvalue weighted by atomic mass is 10.3. The predicted octanol–water partition coefficient (Wildman–Crippen LogP) is 2.08. The third kappa shape index (κ3) is 3.38. The monoisotopic (exact) mass is 250 g/mol. The van der Waals surface area contributed by atoms with Gasteiger partial charge in [0.2, 0.25) is 0 Å². The normalized spacial score (nSPS) is 11.3. The first-order valence-electron chi connectivity index (χ1n) is 5.83. The van der Waals surface area contributed by atoms with Crippen molar-refractivity contribution in [2.24, 2.45) is 7.05 Å². The summed E-state index contributed by atoms with van der Waals surface area (Å²) < 4.78 is 1.80. The molecule has 0 aromatic carbocycles. The molecule has 0 spiro atoms. The van der Waals surface area contributed by atoms with Crippen molar-refractivity contribution in [3.8, 4) is 10.7 Å². The lowest BCUT2D eigenvalue weighted by Gasteiger charge is -2.05. The van der Waals surface area contributed by atoms with Crippen molar-refractivity contribution < 1.29 is 0 Å². The Balaban J connectivity index is 1.96. The van der Waals surface area contributed by atoms with E-state index in [0.717, 1.165) is 29.4 Å². The minimum atomic E-state index is 0.531. The lowest BCUT2D eigenvalue weighted by molar-refractivity contribution is 0.588. The fraction of sp³-hybridized carbons (Fsp3) is 0.500. The van der Waals surface area contributed by atoms with Crippen molar-refractivity contribution >= 4 is 11.3 Å². The van der Waals surface area contributed by atoms with Gasteiger partial charge in [-0.25, -0.2) is 4.98 Å². The Morgan fingerprint density at radius 1 is 1.47 bits per heavy atom. The Morgan fingerprint density at radius 2 is 2.29 bits per heavy atom. The molecule has 0 radical (unpaired) electrons. The highest BCUT2D eigenvalue weighted by Crippen LogP contribution is 2.21. The highest BCUT2D eigenvalue weighted by Gasteiger charge is 2.07. The summed E-state index contributed by atoms with van der Waals surface area (Å²) >= 11 is 1.66. The van der Waals surface area contributed by atoms with Crippen molar-refractivity contribution in [2.45, 2.75) is 26.3 Å². The molecule has 2 aromatic heterocycles. The number of hydrogen-bond acceptors (Lipinski definition) is 4. The van der Waals surface area contributed by atoms with Gasteiger partial charge in [0.05, 0.1) is 5.69 Å². The fourth-order valence-electron chi connectivity index (χ4n) is 1.56. The number of hydrogen-bond donors (Lipinski definition) is 1. The van der Waals surface area contributed by atoms with Gasteiger partial charge in [0.15, 0.2) is 0 Å². The summed E-state index contributed by atoms with van der Waals surface area (Å²) in [5, 5.41) is 10.9. The molecule has 0 aliphatic rings. The maximum atomic E-state index is 4.59. The molecule has 0 amide bonds. The Hall–Kier alpha value is -1.20. The van der Waals surface area contributed by atoms with Gasteiger partial charge in [0.25, 0.3) is 0 Å². The molecule has 2 rings (SSSR count). The van der Waals surface area contributed by atoms with Crippen molar-refractivity contribution in [1.29, 1.82) is 0 Å². The van der Waals surface area contributed by atoms with Crippen LogP contribution in [0.1, 0.15) is 19.5 Å². The van der Waals surface area contributed by atoms with E-state index in [1.807, 2.05) is 19.3 Å². The van der Waals surface area contributed by atoms with Crippen LogP contribution in [-0.2, 0) is 13.5 Å². The summed E-state index contributed by atoms with van der Waals surface area (Å²) in [4.78, 5) is 4.59. The van der Waals surface area contributed by atoms with E-state index in [4.69, 9.17) is 0 Å². The topological polar surface area (TPSA) is 42.7 Å². The van der Waals surface area contributed by atoms with E-state index in [9.17, 15) is 0 Å². The van der Waals surface area contributed by atoms with Crippen LogP contribution in [0.5, 0.6) is 0 Å². The third-order valence-corrected chi connectivity index (χ3v) is 3.33. The second-order valence-corrected chi connectivity index (χ2v) is 5.24. The Morgan fingerprint density at radius 3 is 2.94 bits per heavy atom. The maximum Gasteiger partial charge on any atom is 0.143 e. The van der Waals surface area contributed by atoms with Gasteiger partial charge >= 0.3 is 0 Å². The molecule has 0 aliphatic heterocycles. The van der Waals surface area contributed by atoms with Crippen LogP contribution in [0.2, 0.25) is 0 Å². The molecular formula is C12H18N4S. The molecule has 5 heteroatoms. The summed E-state index contributed by atoms with van der Waals surface area (Å²) in [5.74, 6) is 0. The Bertz CT molecular complexity index is 472. The van der Waals surface area contributed by atoms with Gasteiger partial charge in [0.1, 0.15) is 10.7 Å². The molecule has 17 heavy (non-hydrogen) atoms. The first kappa shape index (κ1) is 12.3. The van der Waals surface area contributed by atoms with E-state index in [1.165, 1.54) is 0 Å². The van der Waals surface area contributed by atoms with E-state index in [-0.39, 0.29) is 0 Å². The largest absolute Gasteiger partial charge is 0.314 e. The minimum absolute atomic E-state index is 0.531. The predicted molar refractivity (Wildman–Crippen MR) is 71.2 cm³/mol. The molecule has 0 saturated carbocycles. The van der Waals surface area contributed by atoms with Crippen molar-refractivity contribution in [1.82, 2.24) is 20.1 Å². The van der Waals surface area contributed by atoms with Crippen LogP contribution < -0.4 is 5.32 Å². The number of aryl methyl sites for hydroxylation is 1. The van der Waals surface area contributed by atoms with E-state index < -0.39 is 0 Å². The van der Waals surface area contributed by atoms with E-state index in [2.05, 4.69) is 34.6 Å². The van der Waals surface area contributed by atoms with Crippen LogP contribution in [0.4, 0.5) is 0 Å². The summed E-state index contributed by atoms with van der Waals surface area (Å²) in [5.41, 5.74) is 2.10. The average Bonchev–Trinajstić information content (AvgIpc) is 2.86. The van der Waals surface area contributed by atoms with Gasteiger partial charge in [-0.05, 0) is 6.07 Å². The molecule has 0 atom stereocenters. The second kappa shape index (κ2) is 5.42. The Labute approximate surface area is 106 Å². The van der Waals surface area contributed by atoms with Crippen LogP contribution in [-0.4, -0.2) is 27.4 Å². The second-order valence-electron chi connectivity index (χ2n) is 4.38. The summed E-state index contributed by atoms with van der Waals surface area (Å²) in [7, 11) is 1.92. The first-order valence-corrected chi connectivity index (χ1v) is 6.71. The average molecular weight is 250 g/mol. The van der Waals surface area contributed by atoms with E-state index >= 15 is 0 Å². The van der Waals surface area contributed by atoms with Crippen LogP contribution in [0.3, 0.4) is 0 Å². The smallest absolute Gasteiger partial charge is 0.143 e. The van der Waals surface area contributed by atoms with Crippen molar-refractivity contribution in [3.63, 3.8) is 0 Å². The molecule has 0 unspecified atom stereocenters. The van der Waals surface area contributed by atoms with Gasteiger partial charge in [0, 0.05) is 37.6 Å². The fourth-order valence-corrected chi connectivity index (χ4v) is 2.38. The van der Waals surface area contributed by atoms with Gasteiger partial charge < -0.3 is 5.32 Å². The molecule has 0 fully saturated rings. The third-order valence-electron chi connectivity index (χ3n) is 2.42. The molecule has 4 nitrogen and oxygen atoms in total. The van der Waals surface area contributed by atoms with Crippen molar-refractivity contribution in [2.75, 3.05) is 6.54 Å². The summed E-state index contributed by atoms with van der Waals surface area (Å²) in [6.45, 7) is 5.28. The summed E-state index contributed by atoms with van der Waals surface area (Å²) in [6.07, 6.45) is 2.91. The molecular weight excluding hydrogens is 232 g/mol. The number of rotatable bonds is 5. The molecule has 92 valence electrons. The molecule has 2 aromatic rings. The van der Waals surface area contributed by atoms with E-state index in [0.29, 0.717) is 6.04 Å². The number of nitrogens with zero attached hydrogens (tertiary/aromatic N) is 3. The molecule has 2 heterocycles. The first-order chi connectivity index (χ1) is 8.15. The zero-order valence-corrected chi connectivity index (χ0v) is 11.3. The molecule has 0 saturated heterocycles. The van der Waals surface area contributed by atoms with Gasteiger partial charge in [-0.2, -0.15) is 5.10 Å². The number of aromatic nitrogens is 3. The highest BCUT2D eigenvalue weighted by atomic mass is 32.1. The SMILES string of the molecule is CC(C)NCCc1csc(-c2ccn(C)n2)n1. The van der Waals surface area contributed by atoms with Gasteiger partial charge in [-0.15, -0.1) is 11.3 Å². The molecule has 0 bridgehead atoms. The van der Waals surface area contributed by atoms with Gasteiger partial charge in [-0.1, -0.05) is 13.8 Å². The zero-order valence-electron chi connectivity index (χ0n) is 10.5. The number of nitrogens with one attached hydrogen (secondary N) is 1. The van der Waals surface area contributed by atoms with Crippen LogP contribution in [0.15, 0.2) is 17.6 Å². The lowest BCUT2D eigenvalue weighted by Crippen LogP contribution is -2.24.